The van der Waals surface area contributed by atoms with Gasteiger partial charge >= 0.3 is 7.60 Å². The lowest BCUT2D eigenvalue weighted by molar-refractivity contribution is -0.120. The molecule has 3 N–H and O–H groups in total. The molecule has 0 fully saturated rings. The van der Waals surface area contributed by atoms with Crippen LogP contribution in [0.4, 0.5) is 0 Å². The van der Waals surface area contributed by atoms with Gasteiger partial charge in [-0.2, -0.15) is 0 Å². The lowest BCUT2D eigenvalue weighted by Crippen LogP contribution is -2.48. The Morgan fingerprint density at radius 1 is 0.829 bits per heavy atom. The Hall–Kier alpha value is -3.25. The van der Waals surface area contributed by atoms with Crippen LogP contribution >= 0.6 is 7.60 Å². The quantitative estimate of drug-likeness (QED) is 0.349. The largest absolute Gasteiger partial charge is 0.368 e. The summed E-state index contributed by atoms with van der Waals surface area (Å²) in [6.45, 7) is 4.06. The van der Waals surface area contributed by atoms with Gasteiger partial charge in [-0.15, -0.1) is 0 Å². The zero-order valence-corrected chi connectivity index (χ0v) is 20.8. The standard InChI is InChI=1S/C27H31N2O5P/c1-3-33-35(32,34-4-2)19-20-15-17-23(18-16-20)27(31)29-25(26(28)30)24(21-11-7-5-8-12-21)22-13-9-6-10-14-22/h5-18,24-25H,3-4,19H2,1-2H3,(H2,28,30)(H,29,31)/t25-/m1/s1. The van der Waals surface area contributed by atoms with Crippen molar-refractivity contribution in [2.75, 3.05) is 13.2 Å². The molecule has 0 aliphatic rings. The number of benzene rings is 3. The fraction of sp³-hybridized carbons (Fsp3) is 0.259. The lowest BCUT2D eigenvalue weighted by atomic mass is 9.84. The molecular weight excluding hydrogens is 463 g/mol. The van der Waals surface area contributed by atoms with Crippen LogP contribution in [0.3, 0.4) is 0 Å². The summed E-state index contributed by atoms with van der Waals surface area (Å²) in [6, 6.07) is 24.6. The number of primary amides is 1. The molecule has 0 aliphatic heterocycles. The summed E-state index contributed by atoms with van der Waals surface area (Å²) in [5, 5.41) is 2.82. The smallest absolute Gasteiger partial charge is 0.335 e. The first-order chi connectivity index (χ1) is 16.9. The van der Waals surface area contributed by atoms with Gasteiger partial charge in [0.05, 0.1) is 19.4 Å². The molecule has 0 heterocycles. The van der Waals surface area contributed by atoms with Gasteiger partial charge in [0.25, 0.3) is 5.91 Å². The SMILES string of the molecule is CCOP(=O)(Cc1ccc(C(=O)N[C@@H](C(N)=O)C(c2ccccc2)c2ccccc2)cc1)OCC. The molecule has 0 bridgehead atoms. The number of rotatable bonds is 12. The van der Waals surface area contributed by atoms with E-state index in [2.05, 4.69) is 5.32 Å². The first-order valence-corrected chi connectivity index (χ1v) is 13.3. The number of nitrogens with two attached hydrogens (primary N) is 1. The van der Waals surface area contributed by atoms with E-state index in [1.54, 1.807) is 38.1 Å². The summed E-state index contributed by atoms with van der Waals surface area (Å²) in [6.07, 6.45) is 0.102. The van der Waals surface area contributed by atoms with Crippen molar-refractivity contribution in [1.82, 2.24) is 5.32 Å². The Labute approximate surface area is 206 Å². The van der Waals surface area contributed by atoms with Crippen LogP contribution in [-0.4, -0.2) is 31.1 Å². The van der Waals surface area contributed by atoms with Crippen molar-refractivity contribution >= 4 is 19.4 Å². The van der Waals surface area contributed by atoms with E-state index in [1.165, 1.54) is 0 Å². The number of nitrogens with one attached hydrogen (secondary N) is 1. The Morgan fingerprint density at radius 3 is 1.74 bits per heavy atom. The third-order valence-electron chi connectivity index (χ3n) is 5.49. The van der Waals surface area contributed by atoms with E-state index in [0.29, 0.717) is 11.1 Å². The summed E-state index contributed by atoms with van der Waals surface area (Å²) >= 11 is 0. The van der Waals surface area contributed by atoms with E-state index < -0.39 is 31.4 Å². The van der Waals surface area contributed by atoms with Gasteiger partial charge in [-0.05, 0) is 42.7 Å². The van der Waals surface area contributed by atoms with Crippen molar-refractivity contribution in [3.63, 3.8) is 0 Å². The maximum Gasteiger partial charge on any atom is 0.335 e. The molecule has 3 aromatic carbocycles. The van der Waals surface area contributed by atoms with Crippen LogP contribution in [0.1, 0.15) is 46.8 Å². The minimum absolute atomic E-state index is 0.102. The van der Waals surface area contributed by atoms with Gasteiger partial charge in [0.15, 0.2) is 0 Å². The molecule has 0 aliphatic carbocycles. The molecule has 2 amide bonds. The van der Waals surface area contributed by atoms with Crippen LogP contribution < -0.4 is 11.1 Å². The molecular formula is C27H31N2O5P. The Morgan fingerprint density at radius 2 is 1.31 bits per heavy atom. The van der Waals surface area contributed by atoms with Crippen molar-refractivity contribution in [1.29, 1.82) is 0 Å². The summed E-state index contributed by atoms with van der Waals surface area (Å²) in [7, 11) is -3.26. The van der Waals surface area contributed by atoms with E-state index in [0.717, 1.165) is 11.1 Å². The molecule has 0 saturated carbocycles. The average molecular weight is 495 g/mol. The van der Waals surface area contributed by atoms with Crippen molar-refractivity contribution in [2.24, 2.45) is 5.73 Å². The van der Waals surface area contributed by atoms with E-state index in [-0.39, 0.29) is 19.4 Å². The predicted octanol–water partition coefficient (Wildman–Crippen LogP) is 4.87. The molecule has 3 aromatic rings. The Balaban J connectivity index is 1.83. The van der Waals surface area contributed by atoms with Gasteiger partial charge in [0.1, 0.15) is 6.04 Å². The second-order valence-electron chi connectivity index (χ2n) is 7.95. The number of carbonyl (C=O) groups is 2. The van der Waals surface area contributed by atoms with Gasteiger partial charge in [0, 0.05) is 11.5 Å². The van der Waals surface area contributed by atoms with Crippen LogP contribution in [0.5, 0.6) is 0 Å². The fourth-order valence-electron chi connectivity index (χ4n) is 3.95. The van der Waals surface area contributed by atoms with Gasteiger partial charge in [-0.3, -0.25) is 14.2 Å². The van der Waals surface area contributed by atoms with Crippen LogP contribution in [0.2, 0.25) is 0 Å². The predicted molar refractivity (Wildman–Crippen MR) is 136 cm³/mol. The van der Waals surface area contributed by atoms with Gasteiger partial charge < -0.3 is 20.1 Å². The zero-order valence-electron chi connectivity index (χ0n) is 19.9. The van der Waals surface area contributed by atoms with Gasteiger partial charge in [-0.1, -0.05) is 72.8 Å². The molecule has 0 spiro atoms. The van der Waals surface area contributed by atoms with E-state index >= 15 is 0 Å². The fourth-order valence-corrected chi connectivity index (χ4v) is 5.65. The Kier molecular flexibility index (Phi) is 9.38. The number of amides is 2. The lowest BCUT2D eigenvalue weighted by Gasteiger charge is -2.27. The number of carbonyl (C=O) groups excluding carboxylic acids is 2. The molecule has 7 nitrogen and oxygen atoms in total. The minimum Gasteiger partial charge on any atom is -0.368 e. The first-order valence-electron chi connectivity index (χ1n) is 11.5. The normalized spacial score (nSPS) is 12.3. The molecule has 184 valence electrons. The number of hydrogen-bond acceptors (Lipinski definition) is 5. The van der Waals surface area contributed by atoms with Crippen LogP contribution in [0, 0.1) is 0 Å². The van der Waals surface area contributed by atoms with Crippen molar-refractivity contribution in [3.05, 3.63) is 107 Å². The summed E-state index contributed by atoms with van der Waals surface area (Å²) in [4.78, 5) is 25.6. The second kappa shape index (κ2) is 12.5. The monoisotopic (exact) mass is 494 g/mol. The van der Waals surface area contributed by atoms with Crippen molar-refractivity contribution in [2.45, 2.75) is 32.0 Å². The third-order valence-corrected chi connectivity index (χ3v) is 7.54. The van der Waals surface area contributed by atoms with E-state index in [4.69, 9.17) is 14.8 Å². The highest BCUT2D eigenvalue weighted by atomic mass is 31.2. The topological polar surface area (TPSA) is 108 Å². The van der Waals surface area contributed by atoms with Crippen molar-refractivity contribution in [3.8, 4) is 0 Å². The summed E-state index contributed by atoms with van der Waals surface area (Å²) in [5.74, 6) is -1.53. The molecule has 0 saturated heterocycles. The third kappa shape index (κ3) is 7.12. The summed E-state index contributed by atoms with van der Waals surface area (Å²) in [5.41, 5.74) is 8.56. The molecule has 0 radical (unpaired) electrons. The minimum atomic E-state index is -3.26. The zero-order chi connectivity index (χ0) is 25.3. The van der Waals surface area contributed by atoms with Crippen LogP contribution in [-0.2, 0) is 24.6 Å². The van der Waals surface area contributed by atoms with Crippen LogP contribution in [0.25, 0.3) is 0 Å². The van der Waals surface area contributed by atoms with E-state index in [9.17, 15) is 14.2 Å². The first kappa shape index (κ1) is 26.4. The highest BCUT2D eigenvalue weighted by Gasteiger charge is 2.31. The molecule has 8 heteroatoms. The maximum atomic E-state index is 13.1. The van der Waals surface area contributed by atoms with E-state index in [1.807, 2.05) is 60.7 Å². The molecule has 3 rings (SSSR count). The molecule has 1 atom stereocenters. The molecule has 0 unspecified atom stereocenters. The maximum absolute atomic E-state index is 13.1. The second-order valence-corrected chi connectivity index (χ2v) is 10.0. The highest BCUT2D eigenvalue weighted by molar-refractivity contribution is 7.53. The average Bonchev–Trinajstić information content (AvgIpc) is 2.85. The highest BCUT2D eigenvalue weighted by Crippen LogP contribution is 2.51. The van der Waals surface area contributed by atoms with Crippen LogP contribution in [0.15, 0.2) is 84.9 Å². The van der Waals surface area contributed by atoms with Gasteiger partial charge in [0.2, 0.25) is 5.91 Å². The molecule has 35 heavy (non-hydrogen) atoms. The van der Waals surface area contributed by atoms with Gasteiger partial charge in [-0.25, -0.2) is 0 Å². The summed E-state index contributed by atoms with van der Waals surface area (Å²) < 4.78 is 23.5. The molecule has 0 aromatic heterocycles. The number of hydrogen-bond donors (Lipinski definition) is 2. The van der Waals surface area contributed by atoms with Crippen molar-refractivity contribution < 1.29 is 23.2 Å². The Bertz CT molecular complexity index is 1100.